The van der Waals surface area contributed by atoms with E-state index < -0.39 is 41.1 Å². The fraction of sp³-hybridized carbons (Fsp3) is 0.778. The van der Waals surface area contributed by atoms with Crippen molar-refractivity contribution in [1.29, 1.82) is 0 Å². The van der Waals surface area contributed by atoms with Crippen molar-refractivity contribution in [2.24, 2.45) is 4.99 Å². The lowest BCUT2D eigenvalue weighted by atomic mass is 10.0. The van der Waals surface area contributed by atoms with Gasteiger partial charge < -0.3 is 10.1 Å². The lowest BCUT2D eigenvalue weighted by Crippen LogP contribution is -2.50. The minimum Gasteiger partial charge on any atom is -0.444 e. The van der Waals surface area contributed by atoms with E-state index in [1.54, 1.807) is 20.8 Å². The number of nitrogens with zero attached hydrogens (tertiary/aromatic N) is 2. The molecule has 1 saturated heterocycles. The molecular weight excluding hydrogens is 383 g/mol. The van der Waals surface area contributed by atoms with Gasteiger partial charge in [-0.2, -0.15) is 8.78 Å². The first-order chi connectivity index (χ1) is 12.3. The SMILES string of the molecule is C/N=C(\C(F)=C/C(C)Cl)C(F)(F)CN1CCC(NC(=O)OC(C)(C)C)CC1. The van der Waals surface area contributed by atoms with Crippen LogP contribution in [-0.4, -0.2) is 66.3 Å². The zero-order valence-electron chi connectivity index (χ0n) is 16.5. The predicted molar refractivity (Wildman–Crippen MR) is 102 cm³/mol. The van der Waals surface area contributed by atoms with Crippen molar-refractivity contribution in [3.05, 3.63) is 11.9 Å². The molecule has 0 bridgehead atoms. The van der Waals surface area contributed by atoms with Gasteiger partial charge in [0.25, 0.3) is 0 Å². The number of amides is 1. The summed E-state index contributed by atoms with van der Waals surface area (Å²) in [7, 11) is 1.13. The molecule has 0 radical (unpaired) electrons. The third kappa shape index (κ3) is 8.51. The number of hydrogen-bond acceptors (Lipinski definition) is 4. The number of carbonyl (C=O) groups excluding carboxylic acids is 1. The van der Waals surface area contributed by atoms with Crippen molar-refractivity contribution >= 4 is 23.4 Å². The van der Waals surface area contributed by atoms with Gasteiger partial charge in [0.1, 0.15) is 17.1 Å². The van der Waals surface area contributed by atoms with Crippen molar-refractivity contribution in [1.82, 2.24) is 10.2 Å². The molecule has 9 heteroatoms. The molecule has 1 heterocycles. The minimum absolute atomic E-state index is 0.141. The van der Waals surface area contributed by atoms with E-state index in [1.807, 2.05) is 0 Å². The van der Waals surface area contributed by atoms with Crippen molar-refractivity contribution in [2.75, 3.05) is 26.7 Å². The summed E-state index contributed by atoms with van der Waals surface area (Å²) in [6, 6.07) is -0.141. The Morgan fingerprint density at radius 2 is 1.93 bits per heavy atom. The Kier molecular flexibility index (Phi) is 8.60. The normalized spacial score (nSPS) is 19.7. The summed E-state index contributed by atoms with van der Waals surface area (Å²) in [6.07, 6.45) is 1.40. The molecule has 1 atom stereocenters. The molecule has 0 aliphatic carbocycles. The number of rotatable bonds is 6. The summed E-state index contributed by atoms with van der Waals surface area (Å²) in [5.74, 6) is -4.54. The second-order valence-electron chi connectivity index (χ2n) is 7.67. The van der Waals surface area contributed by atoms with Crippen LogP contribution in [0.25, 0.3) is 0 Å². The van der Waals surface area contributed by atoms with Crippen LogP contribution < -0.4 is 5.32 Å². The number of nitrogens with one attached hydrogen (secondary N) is 1. The zero-order chi connectivity index (χ0) is 20.8. The van der Waals surface area contributed by atoms with Gasteiger partial charge in [-0.3, -0.25) is 9.89 Å². The van der Waals surface area contributed by atoms with Gasteiger partial charge in [-0.15, -0.1) is 11.6 Å². The van der Waals surface area contributed by atoms with Crippen LogP contribution in [0, 0.1) is 0 Å². The molecule has 1 fully saturated rings. The number of alkyl halides is 3. The van der Waals surface area contributed by atoms with Crippen molar-refractivity contribution in [3.63, 3.8) is 0 Å². The molecule has 0 aromatic heterocycles. The summed E-state index contributed by atoms with van der Waals surface area (Å²) >= 11 is 5.64. The van der Waals surface area contributed by atoms with E-state index in [0.29, 0.717) is 25.9 Å². The monoisotopic (exact) mass is 411 g/mol. The summed E-state index contributed by atoms with van der Waals surface area (Å²) < 4.78 is 48.2. The third-order valence-corrected chi connectivity index (χ3v) is 4.03. The average molecular weight is 412 g/mol. The number of likely N-dealkylation sites (tertiary alicyclic amines) is 1. The first-order valence-electron chi connectivity index (χ1n) is 8.93. The fourth-order valence-corrected chi connectivity index (χ4v) is 2.90. The Hall–Kier alpha value is -1.28. The van der Waals surface area contributed by atoms with Crippen LogP contribution in [0.15, 0.2) is 16.9 Å². The minimum atomic E-state index is -3.44. The van der Waals surface area contributed by atoms with Gasteiger partial charge in [0.15, 0.2) is 0 Å². The molecule has 1 amide bonds. The number of carbonyl (C=O) groups is 1. The van der Waals surface area contributed by atoms with E-state index in [2.05, 4.69) is 10.3 Å². The number of hydrogen-bond donors (Lipinski definition) is 1. The van der Waals surface area contributed by atoms with Crippen LogP contribution in [0.4, 0.5) is 18.0 Å². The summed E-state index contributed by atoms with van der Waals surface area (Å²) in [5, 5.41) is 2.03. The molecule has 1 unspecified atom stereocenters. The predicted octanol–water partition coefficient (Wildman–Crippen LogP) is 4.16. The Morgan fingerprint density at radius 3 is 2.37 bits per heavy atom. The number of halogens is 4. The topological polar surface area (TPSA) is 53.9 Å². The van der Waals surface area contributed by atoms with Gasteiger partial charge in [-0.1, -0.05) is 0 Å². The van der Waals surface area contributed by atoms with Crippen LogP contribution in [0.5, 0.6) is 0 Å². The number of alkyl carbamates (subject to hydrolysis) is 1. The van der Waals surface area contributed by atoms with E-state index in [0.717, 1.165) is 13.1 Å². The molecule has 1 aliphatic heterocycles. The molecule has 0 aromatic rings. The van der Waals surface area contributed by atoms with Crippen molar-refractivity contribution in [2.45, 2.75) is 63.5 Å². The molecule has 1 rings (SSSR count). The number of aliphatic imine (C=N–C) groups is 1. The van der Waals surface area contributed by atoms with Gasteiger partial charge in [0.05, 0.1) is 11.9 Å². The highest BCUT2D eigenvalue weighted by molar-refractivity contribution is 6.22. The van der Waals surface area contributed by atoms with Crippen molar-refractivity contribution < 1.29 is 22.7 Å². The first kappa shape index (κ1) is 23.8. The molecular formula is C18H29ClF3N3O2. The van der Waals surface area contributed by atoms with E-state index in [1.165, 1.54) is 11.8 Å². The summed E-state index contributed by atoms with van der Waals surface area (Å²) in [4.78, 5) is 16.8. The zero-order valence-corrected chi connectivity index (χ0v) is 17.2. The van der Waals surface area contributed by atoms with Crippen LogP contribution in [0.1, 0.15) is 40.5 Å². The quantitative estimate of drug-likeness (QED) is 0.527. The summed E-state index contributed by atoms with van der Waals surface area (Å²) in [6.45, 7) is 6.84. The number of ether oxygens (including phenoxy) is 1. The van der Waals surface area contributed by atoms with Crippen LogP contribution in [0.3, 0.4) is 0 Å². The van der Waals surface area contributed by atoms with Gasteiger partial charge >= 0.3 is 12.0 Å². The third-order valence-electron chi connectivity index (χ3n) is 3.90. The largest absolute Gasteiger partial charge is 0.444 e. The standard InChI is InChI=1S/C18H29ClF3N3O2/c1-12(19)10-14(20)15(23-5)18(21,22)11-25-8-6-13(7-9-25)24-16(26)27-17(2,3)4/h10,12-13H,6-9,11H2,1-5H3,(H,24,26)/b14-10+,23-15+. The second-order valence-corrected chi connectivity index (χ2v) is 8.35. The number of piperidine rings is 1. The van der Waals surface area contributed by atoms with E-state index in [-0.39, 0.29) is 6.04 Å². The Balaban J connectivity index is 2.59. The molecule has 156 valence electrons. The highest BCUT2D eigenvalue weighted by Gasteiger charge is 2.41. The highest BCUT2D eigenvalue weighted by atomic mass is 35.5. The first-order valence-corrected chi connectivity index (χ1v) is 9.36. The smallest absolute Gasteiger partial charge is 0.407 e. The molecule has 5 nitrogen and oxygen atoms in total. The molecule has 0 saturated carbocycles. The maximum absolute atomic E-state index is 14.5. The van der Waals surface area contributed by atoms with Gasteiger partial charge in [-0.05, 0) is 46.6 Å². The van der Waals surface area contributed by atoms with Crippen molar-refractivity contribution in [3.8, 4) is 0 Å². The van der Waals surface area contributed by atoms with Crippen LogP contribution in [0.2, 0.25) is 0 Å². The Bertz CT molecular complexity index is 567. The lowest BCUT2D eigenvalue weighted by molar-refractivity contribution is 0.0194. The van der Waals surface area contributed by atoms with Crippen LogP contribution >= 0.6 is 11.6 Å². The molecule has 0 spiro atoms. The number of allylic oxidation sites excluding steroid dienone is 2. The van der Waals surface area contributed by atoms with Crippen LogP contribution in [-0.2, 0) is 4.74 Å². The maximum atomic E-state index is 14.5. The molecule has 1 N–H and O–H groups in total. The Morgan fingerprint density at radius 1 is 1.37 bits per heavy atom. The molecule has 1 aliphatic rings. The summed E-state index contributed by atoms with van der Waals surface area (Å²) in [5.41, 5.74) is -1.50. The lowest BCUT2D eigenvalue weighted by Gasteiger charge is -2.34. The Labute approximate surface area is 164 Å². The average Bonchev–Trinajstić information content (AvgIpc) is 2.46. The highest BCUT2D eigenvalue weighted by Crippen LogP contribution is 2.25. The molecule has 0 aromatic carbocycles. The van der Waals surface area contributed by atoms with Gasteiger partial charge in [0, 0.05) is 26.2 Å². The van der Waals surface area contributed by atoms with E-state index in [9.17, 15) is 18.0 Å². The molecule has 27 heavy (non-hydrogen) atoms. The van der Waals surface area contributed by atoms with E-state index >= 15 is 0 Å². The fourth-order valence-electron chi connectivity index (χ4n) is 2.79. The maximum Gasteiger partial charge on any atom is 0.407 e. The van der Waals surface area contributed by atoms with Gasteiger partial charge in [0.2, 0.25) is 0 Å². The second kappa shape index (κ2) is 9.78. The van der Waals surface area contributed by atoms with Gasteiger partial charge in [-0.25, -0.2) is 9.18 Å². The van der Waals surface area contributed by atoms with E-state index in [4.69, 9.17) is 16.3 Å².